The normalized spacial score (nSPS) is 18.4. The monoisotopic (exact) mass is 627 g/mol. The second-order valence-electron chi connectivity index (χ2n) is 13.0. The Balaban J connectivity index is 1.34. The Morgan fingerprint density at radius 1 is 1.11 bits per heavy atom. The minimum Gasteiger partial charge on any atom is -0.454 e. The molecular weight excluding hydrogens is 586 g/mol. The number of ether oxygens (including phenoxy) is 2. The van der Waals surface area contributed by atoms with Crippen molar-refractivity contribution >= 4 is 16.9 Å². The van der Waals surface area contributed by atoms with Crippen LogP contribution in [0.4, 0.5) is 0 Å². The SMILES string of the molecule is CC(C)(C)S(=O)N1Cc2cc(C(=O)NCc3ccc4c(c3)OCO4)nc(-c3cccc(C#CCC4CCCC4)c3)c2[C@@H]1CCO. The number of nitrogens with one attached hydrogen (secondary N) is 1. The third-order valence-electron chi connectivity index (χ3n) is 8.65. The lowest BCUT2D eigenvalue weighted by atomic mass is 9.95. The van der Waals surface area contributed by atoms with Crippen LogP contribution in [0, 0.1) is 17.8 Å². The van der Waals surface area contributed by atoms with Gasteiger partial charge in [-0.15, -0.1) is 0 Å². The fourth-order valence-corrected chi connectivity index (χ4v) is 7.79. The van der Waals surface area contributed by atoms with Gasteiger partial charge in [0.15, 0.2) is 11.5 Å². The zero-order valence-electron chi connectivity index (χ0n) is 26.2. The molecule has 3 aliphatic rings. The number of hydrogen-bond acceptors (Lipinski definition) is 6. The first-order valence-electron chi connectivity index (χ1n) is 15.8. The summed E-state index contributed by atoms with van der Waals surface area (Å²) in [6.07, 6.45) is 6.42. The van der Waals surface area contributed by atoms with E-state index in [1.165, 1.54) is 25.7 Å². The van der Waals surface area contributed by atoms with Gasteiger partial charge < -0.3 is 19.9 Å². The summed E-state index contributed by atoms with van der Waals surface area (Å²) in [5.74, 6) is 8.47. The Morgan fingerprint density at radius 2 is 1.91 bits per heavy atom. The molecule has 45 heavy (non-hydrogen) atoms. The molecule has 0 bridgehead atoms. The Hall–Kier alpha value is -3.71. The molecule has 0 saturated heterocycles. The van der Waals surface area contributed by atoms with E-state index in [9.17, 15) is 14.1 Å². The molecule has 0 radical (unpaired) electrons. The van der Waals surface area contributed by atoms with Crippen LogP contribution in [0.1, 0.15) is 98.1 Å². The van der Waals surface area contributed by atoms with Crippen LogP contribution in [0.5, 0.6) is 11.5 Å². The Morgan fingerprint density at radius 3 is 2.69 bits per heavy atom. The molecule has 2 aliphatic heterocycles. The number of carbonyl (C=O) groups excluding carboxylic acids is 1. The fraction of sp³-hybridized carbons (Fsp3) is 0.444. The number of rotatable bonds is 8. The zero-order valence-corrected chi connectivity index (χ0v) is 27.0. The summed E-state index contributed by atoms with van der Waals surface area (Å²) >= 11 is 0. The average molecular weight is 628 g/mol. The van der Waals surface area contributed by atoms with Crippen molar-refractivity contribution in [1.29, 1.82) is 0 Å². The number of carbonyl (C=O) groups is 1. The zero-order chi connectivity index (χ0) is 31.6. The maximum atomic E-state index is 13.7. The minimum atomic E-state index is -1.34. The molecule has 0 spiro atoms. The van der Waals surface area contributed by atoms with Crippen LogP contribution in [0.15, 0.2) is 48.5 Å². The van der Waals surface area contributed by atoms with Gasteiger partial charge in [-0.25, -0.2) is 13.5 Å². The summed E-state index contributed by atoms with van der Waals surface area (Å²) in [5.41, 5.74) is 5.36. The smallest absolute Gasteiger partial charge is 0.270 e. The lowest BCUT2D eigenvalue weighted by Crippen LogP contribution is -2.36. The van der Waals surface area contributed by atoms with Crippen LogP contribution < -0.4 is 14.8 Å². The molecule has 3 heterocycles. The van der Waals surface area contributed by atoms with Crippen molar-refractivity contribution in [2.75, 3.05) is 13.4 Å². The summed E-state index contributed by atoms with van der Waals surface area (Å²) < 4.78 is 26.1. The molecule has 6 rings (SSSR count). The summed E-state index contributed by atoms with van der Waals surface area (Å²) in [6.45, 7) is 6.66. The molecule has 8 nitrogen and oxygen atoms in total. The highest BCUT2D eigenvalue weighted by atomic mass is 32.2. The van der Waals surface area contributed by atoms with Crippen molar-refractivity contribution < 1.29 is 23.6 Å². The van der Waals surface area contributed by atoms with Crippen LogP contribution in [0.3, 0.4) is 0 Å². The average Bonchev–Trinajstić information content (AvgIpc) is 3.79. The van der Waals surface area contributed by atoms with Crippen molar-refractivity contribution in [2.24, 2.45) is 5.92 Å². The van der Waals surface area contributed by atoms with Gasteiger partial charge in [0.25, 0.3) is 5.91 Å². The number of benzene rings is 2. The van der Waals surface area contributed by atoms with E-state index in [-0.39, 0.29) is 31.0 Å². The maximum absolute atomic E-state index is 13.7. The van der Waals surface area contributed by atoms with Gasteiger partial charge in [0, 0.05) is 42.8 Å². The van der Waals surface area contributed by atoms with Crippen LogP contribution in [-0.4, -0.2) is 42.7 Å². The summed E-state index contributed by atoms with van der Waals surface area (Å²) in [7, 11) is -1.34. The van der Waals surface area contributed by atoms with Gasteiger partial charge in [0.05, 0.1) is 16.5 Å². The van der Waals surface area contributed by atoms with E-state index in [4.69, 9.17) is 14.5 Å². The largest absolute Gasteiger partial charge is 0.454 e. The topological polar surface area (TPSA) is 101 Å². The van der Waals surface area contributed by atoms with Crippen LogP contribution in [0.25, 0.3) is 11.3 Å². The quantitative estimate of drug-likeness (QED) is 0.296. The lowest BCUT2D eigenvalue weighted by molar-refractivity contribution is 0.0945. The summed E-state index contributed by atoms with van der Waals surface area (Å²) in [4.78, 5) is 18.5. The molecule has 1 amide bonds. The molecular formula is C36H41N3O5S. The van der Waals surface area contributed by atoms with E-state index in [1.807, 2.05) is 73.6 Å². The number of aliphatic hydroxyl groups excluding tert-OH is 1. The highest BCUT2D eigenvalue weighted by molar-refractivity contribution is 7.84. The van der Waals surface area contributed by atoms with E-state index < -0.39 is 15.7 Å². The Bertz CT molecular complexity index is 1670. The Kier molecular flexibility index (Phi) is 9.27. The Labute approximate surface area is 268 Å². The number of fused-ring (bicyclic) bond motifs is 2. The summed E-state index contributed by atoms with van der Waals surface area (Å²) in [5, 5.41) is 13.1. The van der Waals surface area contributed by atoms with E-state index in [2.05, 4.69) is 17.2 Å². The predicted molar refractivity (Wildman–Crippen MR) is 175 cm³/mol. The first-order valence-corrected chi connectivity index (χ1v) is 16.9. The molecule has 1 unspecified atom stereocenters. The highest BCUT2D eigenvalue weighted by Crippen LogP contribution is 2.44. The van der Waals surface area contributed by atoms with Gasteiger partial charge in [-0.05, 0) is 87.4 Å². The number of aromatic nitrogens is 1. The third kappa shape index (κ3) is 6.94. The van der Waals surface area contributed by atoms with E-state index in [0.29, 0.717) is 42.6 Å². The molecule has 9 heteroatoms. The van der Waals surface area contributed by atoms with Gasteiger partial charge >= 0.3 is 0 Å². The van der Waals surface area contributed by atoms with Gasteiger partial charge in [-0.2, -0.15) is 0 Å². The lowest BCUT2D eigenvalue weighted by Gasteiger charge is -2.30. The van der Waals surface area contributed by atoms with Crippen LogP contribution >= 0.6 is 0 Å². The van der Waals surface area contributed by atoms with Crippen molar-refractivity contribution in [1.82, 2.24) is 14.6 Å². The van der Waals surface area contributed by atoms with Gasteiger partial charge in [0.1, 0.15) is 16.7 Å². The molecule has 1 fully saturated rings. The van der Waals surface area contributed by atoms with Gasteiger partial charge in [0.2, 0.25) is 6.79 Å². The maximum Gasteiger partial charge on any atom is 0.270 e. The molecule has 1 aromatic heterocycles. The number of pyridine rings is 1. The third-order valence-corrected chi connectivity index (χ3v) is 10.5. The predicted octanol–water partition coefficient (Wildman–Crippen LogP) is 6.04. The number of nitrogens with zero attached hydrogens (tertiary/aromatic N) is 2. The van der Waals surface area contributed by atoms with E-state index >= 15 is 0 Å². The molecule has 2 aromatic carbocycles. The van der Waals surface area contributed by atoms with Crippen molar-refractivity contribution in [3.05, 3.63) is 76.5 Å². The van der Waals surface area contributed by atoms with Gasteiger partial charge in [-0.1, -0.05) is 42.9 Å². The van der Waals surface area contributed by atoms with Crippen molar-refractivity contribution in [2.45, 2.75) is 83.2 Å². The van der Waals surface area contributed by atoms with Crippen molar-refractivity contribution in [3.8, 4) is 34.6 Å². The highest BCUT2D eigenvalue weighted by Gasteiger charge is 2.40. The molecule has 1 saturated carbocycles. The van der Waals surface area contributed by atoms with E-state index in [0.717, 1.165) is 34.2 Å². The summed E-state index contributed by atoms with van der Waals surface area (Å²) in [6, 6.07) is 15.1. The second-order valence-corrected chi connectivity index (χ2v) is 15.2. The molecule has 1 aliphatic carbocycles. The standard InChI is InChI=1S/C36H41N3O5S/c1-36(2,3)45(42)39-22-28-20-29(35(41)37-21-26-14-15-31-32(19-26)44-23-43-31)38-34(33(28)30(39)16-17-40)27-13-7-12-25(18-27)11-6-10-24-8-4-5-9-24/h7,12-15,18-20,24,30,40H,4-5,8-10,16-17,21-23H2,1-3H3,(H,37,41)/t30-,45?/m0/s1. The number of aliphatic hydroxyl groups is 1. The molecule has 236 valence electrons. The van der Waals surface area contributed by atoms with Gasteiger partial charge in [-0.3, -0.25) is 4.79 Å². The number of amides is 1. The molecule has 2 N–H and O–H groups in total. The first kappa shape index (κ1) is 31.3. The van der Waals surface area contributed by atoms with Crippen LogP contribution in [0.2, 0.25) is 0 Å². The van der Waals surface area contributed by atoms with E-state index in [1.54, 1.807) is 0 Å². The molecule has 2 atom stereocenters. The van der Waals surface area contributed by atoms with Crippen LogP contribution in [-0.2, 0) is 24.1 Å². The second kappa shape index (κ2) is 13.3. The van der Waals surface area contributed by atoms with Crippen molar-refractivity contribution in [3.63, 3.8) is 0 Å². The molecule has 3 aromatic rings. The minimum absolute atomic E-state index is 0.0636. The fourth-order valence-electron chi connectivity index (χ4n) is 6.39. The number of hydrogen-bond donors (Lipinski definition) is 2. The first-order chi connectivity index (χ1) is 21.7.